The highest BCUT2D eigenvalue weighted by atomic mass is 19.3. The van der Waals surface area contributed by atoms with E-state index in [1.807, 2.05) is 11.6 Å². The average molecular weight is 396 g/mol. The minimum Gasteiger partial charge on any atom is -0.352 e. The zero-order valence-electron chi connectivity index (χ0n) is 16.8. The van der Waals surface area contributed by atoms with Gasteiger partial charge in [-0.1, -0.05) is 0 Å². The minimum absolute atomic E-state index is 0.0189. The lowest BCUT2D eigenvalue weighted by atomic mass is 9.80. The average Bonchev–Trinajstić information content (AvgIpc) is 3.35. The number of alkyl halides is 2. The molecule has 0 spiro atoms. The summed E-state index contributed by atoms with van der Waals surface area (Å²) < 4.78 is 31.5. The molecule has 2 aliphatic carbocycles. The third-order valence-electron chi connectivity index (χ3n) is 7.36. The lowest BCUT2D eigenvalue weighted by Crippen LogP contribution is -2.34. The van der Waals surface area contributed by atoms with Crippen LogP contribution in [0.5, 0.6) is 0 Å². The zero-order chi connectivity index (χ0) is 19.9. The van der Waals surface area contributed by atoms with Gasteiger partial charge in [-0.15, -0.1) is 0 Å². The van der Waals surface area contributed by atoms with Crippen molar-refractivity contribution in [1.82, 2.24) is 19.8 Å². The number of nitrogens with zero attached hydrogens (tertiary/aromatic N) is 3. The molecular weight excluding hydrogens is 366 g/mol. The van der Waals surface area contributed by atoms with Crippen LogP contribution in [0.3, 0.4) is 0 Å². The molecule has 6 nitrogen and oxygen atoms in total. The number of rotatable bonds is 7. The molecule has 1 N–H and O–H groups in total. The van der Waals surface area contributed by atoms with E-state index in [2.05, 4.69) is 19.9 Å². The van der Waals surface area contributed by atoms with Crippen LogP contribution in [0.2, 0.25) is 0 Å². The molecule has 1 amide bonds. The molecular formula is C20H30F2N4O2. The molecule has 1 aromatic rings. The molecule has 0 atom stereocenters. The minimum atomic E-state index is -2.66. The first-order chi connectivity index (χ1) is 13.4. The van der Waals surface area contributed by atoms with E-state index in [0.717, 1.165) is 76.0 Å². The fourth-order valence-electron chi connectivity index (χ4n) is 5.72. The van der Waals surface area contributed by atoms with E-state index >= 15 is 0 Å². The van der Waals surface area contributed by atoms with Gasteiger partial charge in [0.05, 0.1) is 12.3 Å². The topological polar surface area (TPSA) is 59.4 Å². The molecule has 0 saturated heterocycles. The molecule has 3 aliphatic rings. The van der Waals surface area contributed by atoms with Crippen LogP contribution >= 0.6 is 0 Å². The van der Waals surface area contributed by atoms with Crippen molar-refractivity contribution in [3.05, 3.63) is 17.2 Å². The summed E-state index contributed by atoms with van der Waals surface area (Å²) in [5, 5.41) is 2.65. The monoisotopic (exact) mass is 396 g/mol. The maximum Gasteiger partial charge on any atom is 0.345 e. The zero-order valence-corrected chi connectivity index (χ0v) is 16.8. The van der Waals surface area contributed by atoms with Crippen LogP contribution in [0.4, 0.5) is 8.78 Å². The third kappa shape index (κ3) is 3.56. The SMILES string of the molecule is CNC(=O)c1nc2c(n1C)CCN(CCC13CCC(COC(F)F)(CC1)C3)C2. The fraction of sp³-hybridized carbons (Fsp3) is 0.800. The van der Waals surface area contributed by atoms with E-state index in [0.29, 0.717) is 11.2 Å². The van der Waals surface area contributed by atoms with Gasteiger partial charge in [-0.3, -0.25) is 9.69 Å². The van der Waals surface area contributed by atoms with Crippen LogP contribution in [-0.2, 0) is 24.8 Å². The summed E-state index contributed by atoms with van der Waals surface area (Å²) in [6, 6.07) is 0. The van der Waals surface area contributed by atoms with Crippen molar-refractivity contribution < 1.29 is 18.3 Å². The number of aromatic nitrogens is 2. The van der Waals surface area contributed by atoms with Crippen LogP contribution < -0.4 is 5.32 Å². The highest BCUT2D eigenvalue weighted by Gasteiger charge is 2.54. The smallest absolute Gasteiger partial charge is 0.345 e. The van der Waals surface area contributed by atoms with Gasteiger partial charge in [0.2, 0.25) is 0 Å². The van der Waals surface area contributed by atoms with Gasteiger partial charge in [0.25, 0.3) is 5.91 Å². The molecule has 2 bridgehead atoms. The van der Waals surface area contributed by atoms with Gasteiger partial charge in [0, 0.05) is 39.3 Å². The highest BCUT2D eigenvalue weighted by molar-refractivity contribution is 5.90. The predicted molar refractivity (Wildman–Crippen MR) is 100 cm³/mol. The molecule has 1 aliphatic heterocycles. The number of halogens is 2. The van der Waals surface area contributed by atoms with E-state index in [-0.39, 0.29) is 17.9 Å². The van der Waals surface area contributed by atoms with Gasteiger partial charge in [-0.25, -0.2) is 4.98 Å². The normalized spacial score (nSPS) is 29.5. The summed E-state index contributed by atoms with van der Waals surface area (Å²) in [5.41, 5.74) is 2.43. The quantitative estimate of drug-likeness (QED) is 0.770. The van der Waals surface area contributed by atoms with E-state index in [1.165, 1.54) is 0 Å². The highest BCUT2D eigenvalue weighted by Crippen LogP contribution is 2.63. The van der Waals surface area contributed by atoms with Crippen molar-refractivity contribution in [3.63, 3.8) is 0 Å². The summed E-state index contributed by atoms with van der Waals surface area (Å²) >= 11 is 0. The Morgan fingerprint density at radius 2 is 2.00 bits per heavy atom. The first kappa shape index (κ1) is 19.8. The lowest BCUT2D eigenvalue weighted by Gasteiger charge is -2.32. The number of carbonyl (C=O) groups is 1. The number of fused-ring (bicyclic) bond motifs is 3. The Morgan fingerprint density at radius 1 is 1.29 bits per heavy atom. The summed E-state index contributed by atoms with van der Waals surface area (Å²) in [6.45, 7) is 0.281. The molecule has 2 heterocycles. The molecule has 0 unspecified atom stereocenters. The van der Waals surface area contributed by atoms with Gasteiger partial charge >= 0.3 is 6.61 Å². The second kappa shape index (κ2) is 7.37. The van der Waals surface area contributed by atoms with Crippen LogP contribution in [0.25, 0.3) is 0 Å². The Labute approximate surface area is 164 Å². The number of carbonyl (C=O) groups excluding carboxylic acids is 1. The molecule has 28 heavy (non-hydrogen) atoms. The maximum absolute atomic E-state index is 12.5. The van der Waals surface area contributed by atoms with Crippen molar-refractivity contribution in [3.8, 4) is 0 Å². The molecule has 1 aromatic heterocycles. The van der Waals surface area contributed by atoms with Gasteiger partial charge in [0.15, 0.2) is 5.82 Å². The summed E-state index contributed by atoms with van der Waals surface area (Å²) in [6.07, 6.45) is 7.31. The summed E-state index contributed by atoms with van der Waals surface area (Å²) in [7, 11) is 3.53. The second-order valence-electron chi connectivity index (χ2n) is 8.99. The van der Waals surface area contributed by atoms with Gasteiger partial charge in [0.1, 0.15) is 0 Å². The summed E-state index contributed by atoms with van der Waals surface area (Å²) in [5.74, 6) is 0.324. The molecule has 4 rings (SSSR count). The molecule has 2 saturated carbocycles. The molecule has 156 valence electrons. The van der Waals surface area contributed by atoms with Crippen LogP contribution in [0.15, 0.2) is 0 Å². The lowest BCUT2D eigenvalue weighted by molar-refractivity contribution is -0.151. The summed E-state index contributed by atoms with van der Waals surface area (Å²) in [4.78, 5) is 19.0. The van der Waals surface area contributed by atoms with Crippen LogP contribution in [-0.4, -0.2) is 53.7 Å². The largest absolute Gasteiger partial charge is 0.352 e. The molecule has 0 radical (unpaired) electrons. The van der Waals surface area contributed by atoms with Gasteiger partial charge < -0.3 is 14.6 Å². The van der Waals surface area contributed by atoms with Crippen LogP contribution in [0.1, 0.15) is 60.5 Å². The number of ether oxygens (including phenoxy) is 1. The van der Waals surface area contributed by atoms with E-state index < -0.39 is 6.61 Å². The van der Waals surface area contributed by atoms with E-state index in [4.69, 9.17) is 0 Å². The van der Waals surface area contributed by atoms with E-state index in [1.54, 1.807) is 7.05 Å². The fourth-order valence-corrected chi connectivity index (χ4v) is 5.72. The molecule has 0 aromatic carbocycles. The van der Waals surface area contributed by atoms with Crippen molar-refractivity contribution >= 4 is 5.91 Å². The number of nitrogens with one attached hydrogen (secondary N) is 1. The Kier molecular flexibility index (Phi) is 5.20. The number of amides is 1. The Balaban J connectivity index is 1.34. The maximum atomic E-state index is 12.5. The Bertz CT molecular complexity index is 741. The standard InChI is InChI=1S/C20H30F2N4O2/c1-23-17(27)16-24-14-11-26(9-3-15(14)25(16)2)10-8-19-4-6-20(12-19,7-5-19)13-28-18(21)22/h18H,3-13H2,1-2H3,(H,23,27). The molecule has 8 heteroatoms. The second-order valence-corrected chi connectivity index (χ2v) is 8.99. The Morgan fingerprint density at radius 3 is 2.68 bits per heavy atom. The first-order valence-electron chi connectivity index (χ1n) is 10.2. The number of imidazole rings is 1. The Hall–Kier alpha value is -1.54. The van der Waals surface area contributed by atoms with Crippen molar-refractivity contribution in [2.75, 3.05) is 26.7 Å². The predicted octanol–water partition coefficient (Wildman–Crippen LogP) is 2.72. The number of hydrogen-bond donors (Lipinski definition) is 1. The van der Waals surface area contributed by atoms with Crippen molar-refractivity contribution in [2.24, 2.45) is 17.9 Å². The first-order valence-corrected chi connectivity index (χ1v) is 10.2. The van der Waals surface area contributed by atoms with Crippen molar-refractivity contribution in [1.29, 1.82) is 0 Å². The van der Waals surface area contributed by atoms with Gasteiger partial charge in [-0.2, -0.15) is 8.78 Å². The van der Waals surface area contributed by atoms with Crippen molar-refractivity contribution in [2.45, 2.75) is 58.1 Å². The number of hydrogen-bond acceptors (Lipinski definition) is 4. The molecule has 2 fully saturated rings. The van der Waals surface area contributed by atoms with Crippen LogP contribution in [0, 0.1) is 10.8 Å². The van der Waals surface area contributed by atoms with Gasteiger partial charge in [-0.05, 0) is 55.9 Å². The third-order valence-corrected chi connectivity index (χ3v) is 7.36. The van der Waals surface area contributed by atoms with E-state index in [9.17, 15) is 13.6 Å².